The van der Waals surface area contributed by atoms with Crippen LogP contribution in [0.2, 0.25) is 0 Å². The molecule has 0 radical (unpaired) electrons. The quantitative estimate of drug-likeness (QED) is 0.765. The average molecular weight is 214 g/mol. The molecule has 0 saturated heterocycles. The molecule has 78 valence electrons. The van der Waals surface area contributed by atoms with Gasteiger partial charge in [-0.3, -0.25) is 4.21 Å². The topological polar surface area (TPSA) is 57.5 Å². The molecule has 0 aliphatic rings. The van der Waals surface area contributed by atoms with E-state index in [4.69, 9.17) is 10.2 Å². The van der Waals surface area contributed by atoms with Gasteiger partial charge in [0.05, 0.1) is 29.3 Å². The van der Waals surface area contributed by atoms with E-state index in [-0.39, 0.29) is 12.4 Å². The fraction of sp³-hybridized carbons (Fsp3) is 0.400. The maximum Gasteiger partial charge on any atom is 0.0889 e. The van der Waals surface area contributed by atoms with Crippen LogP contribution in [-0.4, -0.2) is 32.9 Å². The minimum absolute atomic E-state index is 0.0829. The van der Waals surface area contributed by atoms with Crippen LogP contribution >= 0.6 is 0 Å². The number of aliphatic hydroxyl groups excluding tert-OH is 2. The zero-order chi connectivity index (χ0) is 10.6. The Kier molecular flexibility index (Phi) is 4.25. The molecule has 0 unspecified atom stereocenters. The summed E-state index contributed by atoms with van der Waals surface area (Å²) in [4.78, 5) is 0.683. The average Bonchev–Trinajstić information content (AvgIpc) is 2.18. The van der Waals surface area contributed by atoms with Crippen molar-refractivity contribution in [2.75, 3.05) is 12.4 Å². The van der Waals surface area contributed by atoms with E-state index in [1.54, 1.807) is 12.1 Å². The van der Waals surface area contributed by atoms with Gasteiger partial charge in [0.25, 0.3) is 0 Å². The smallest absolute Gasteiger partial charge is 0.0889 e. The number of benzene rings is 1. The zero-order valence-electron chi connectivity index (χ0n) is 8.01. The van der Waals surface area contributed by atoms with Gasteiger partial charge >= 0.3 is 0 Å². The van der Waals surface area contributed by atoms with Crippen molar-refractivity contribution in [3.8, 4) is 0 Å². The number of rotatable bonds is 4. The van der Waals surface area contributed by atoms with E-state index in [1.807, 2.05) is 19.1 Å². The van der Waals surface area contributed by atoms with E-state index in [9.17, 15) is 4.21 Å². The summed E-state index contributed by atoms with van der Waals surface area (Å²) >= 11 is 0. The highest BCUT2D eigenvalue weighted by molar-refractivity contribution is 7.85. The van der Waals surface area contributed by atoms with Gasteiger partial charge in [0, 0.05) is 4.90 Å². The van der Waals surface area contributed by atoms with Crippen molar-refractivity contribution in [2.45, 2.75) is 17.9 Å². The standard InChI is InChI=1S/C10H14O3S/c1-8-2-4-10(5-3-8)14(13)7-9(12)6-11/h2-5,9,11-12H,6-7H2,1H3/t9-,14-/m0/s1. The fourth-order valence-corrected chi connectivity index (χ4v) is 2.10. The number of aryl methyl sites for hydroxylation is 1. The van der Waals surface area contributed by atoms with E-state index >= 15 is 0 Å². The van der Waals surface area contributed by atoms with Crippen molar-refractivity contribution >= 4 is 10.8 Å². The summed E-state index contributed by atoms with van der Waals surface area (Å²) in [7, 11) is -1.23. The normalized spacial score (nSPS) is 15.1. The maximum atomic E-state index is 11.6. The molecule has 1 aromatic rings. The first kappa shape index (κ1) is 11.4. The van der Waals surface area contributed by atoms with Crippen molar-refractivity contribution in [3.05, 3.63) is 29.8 Å². The Hall–Kier alpha value is -0.710. The third-order valence-electron chi connectivity index (χ3n) is 1.84. The third kappa shape index (κ3) is 3.21. The van der Waals surface area contributed by atoms with Crippen LogP contribution in [0.4, 0.5) is 0 Å². The van der Waals surface area contributed by atoms with Gasteiger partial charge in [-0.25, -0.2) is 0 Å². The molecule has 2 N–H and O–H groups in total. The van der Waals surface area contributed by atoms with E-state index in [2.05, 4.69) is 0 Å². The lowest BCUT2D eigenvalue weighted by Gasteiger charge is -2.06. The minimum Gasteiger partial charge on any atom is -0.394 e. The fourth-order valence-electron chi connectivity index (χ4n) is 1.01. The first-order chi connectivity index (χ1) is 6.63. The van der Waals surface area contributed by atoms with E-state index < -0.39 is 16.9 Å². The van der Waals surface area contributed by atoms with Gasteiger partial charge in [0.2, 0.25) is 0 Å². The molecule has 0 aromatic heterocycles. The summed E-state index contributed by atoms with van der Waals surface area (Å²) in [6, 6.07) is 7.29. The van der Waals surface area contributed by atoms with Crippen LogP contribution in [0.15, 0.2) is 29.2 Å². The summed E-state index contributed by atoms with van der Waals surface area (Å²) in [5.74, 6) is 0.0829. The highest BCUT2D eigenvalue weighted by Crippen LogP contribution is 2.09. The van der Waals surface area contributed by atoms with Gasteiger partial charge in [-0.2, -0.15) is 0 Å². The lowest BCUT2D eigenvalue weighted by Crippen LogP contribution is -2.20. The molecule has 0 fully saturated rings. The molecule has 14 heavy (non-hydrogen) atoms. The lowest BCUT2D eigenvalue weighted by molar-refractivity contribution is 0.113. The Morgan fingerprint density at radius 3 is 2.43 bits per heavy atom. The molecule has 2 atom stereocenters. The largest absolute Gasteiger partial charge is 0.394 e. The molecule has 0 amide bonds. The van der Waals surface area contributed by atoms with Crippen LogP contribution in [0.25, 0.3) is 0 Å². The molecule has 3 nitrogen and oxygen atoms in total. The van der Waals surface area contributed by atoms with Crippen molar-refractivity contribution in [2.24, 2.45) is 0 Å². The molecule has 1 rings (SSSR count). The van der Waals surface area contributed by atoms with Crippen LogP contribution in [-0.2, 0) is 10.8 Å². The first-order valence-electron chi connectivity index (χ1n) is 4.37. The Morgan fingerprint density at radius 1 is 1.36 bits per heavy atom. The monoisotopic (exact) mass is 214 g/mol. The number of aliphatic hydroxyl groups is 2. The van der Waals surface area contributed by atoms with Crippen molar-refractivity contribution in [1.82, 2.24) is 0 Å². The van der Waals surface area contributed by atoms with E-state index in [1.165, 1.54) is 0 Å². The second kappa shape index (κ2) is 5.24. The SMILES string of the molecule is Cc1ccc([S@@](=O)C[C@@H](O)CO)cc1. The van der Waals surface area contributed by atoms with Gasteiger partial charge in [-0.05, 0) is 19.1 Å². The van der Waals surface area contributed by atoms with Gasteiger partial charge < -0.3 is 10.2 Å². The molecule has 0 aliphatic carbocycles. The first-order valence-corrected chi connectivity index (χ1v) is 5.69. The van der Waals surface area contributed by atoms with Gasteiger partial charge in [0.15, 0.2) is 0 Å². The zero-order valence-corrected chi connectivity index (χ0v) is 8.83. The van der Waals surface area contributed by atoms with Crippen LogP contribution in [0.5, 0.6) is 0 Å². The summed E-state index contributed by atoms with van der Waals surface area (Å²) in [5.41, 5.74) is 1.11. The number of hydrogen-bond acceptors (Lipinski definition) is 3. The second-order valence-corrected chi connectivity index (χ2v) is 4.66. The summed E-state index contributed by atoms with van der Waals surface area (Å²) < 4.78 is 11.6. The Balaban J connectivity index is 2.65. The predicted octanol–water partition coefficient (Wildman–Crippen LogP) is 0.456. The molecular formula is C10H14O3S. The minimum atomic E-state index is -1.23. The van der Waals surface area contributed by atoms with Crippen LogP contribution in [0.1, 0.15) is 5.56 Å². The summed E-state index contributed by atoms with van der Waals surface area (Å²) in [6.45, 7) is 1.60. The maximum absolute atomic E-state index is 11.6. The molecular weight excluding hydrogens is 200 g/mol. The Bertz CT molecular complexity index is 308. The molecule has 1 aromatic carbocycles. The van der Waals surface area contributed by atoms with Crippen molar-refractivity contribution < 1.29 is 14.4 Å². The predicted molar refractivity (Wildman–Crippen MR) is 55.5 cm³/mol. The highest BCUT2D eigenvalue weighted by atomic mass is 32.2. The Labute approximate surface area is 85.9 Å². The molecule has 0 bridgehead atoms. The van der Waals surface area contributed by atoms with Crippen molar-refractivity contribution in [1.29, 1.82) is 0 Å². The number of hydrogen-bond donors (Lipinski definition) is 2. The van der Waals surface area contributed by atoms with Crippen LogP contribution in [0, 0.1) is 6.92 Å². The van der Waals surface area contributed by atoms with Crippen molar-refractivity contribution in [3.63, 3.8) is 0 Å². The van der Waals surface area contributed by atoms with Crippen LogP contribution < -0.4 is 0 Å². The third-order valence-corrected chi connectivity index (χ3v) is 3.32. The van der Waals surface area contributed by atoms with Gasteiger partial charge in [-0.1, -0.05) is 17.7 Å². The molecule has 0 heterocycles. The summed E-state index contributed by atoms with van der Waals surface area (Å²) in [6.07, 6.45) is -0.905. The van der Waals surface area contributed by atoms with Crippen LogP contribution in [0.3, 0.4) is 0 Å². The summed E-state index contributed by atoms with van der Waals surface area (Å²) in [5, 5.41) is 17.7. The molecule has 0 spiro atoms. The molecule has 4 heteroatoms. The highest BCUT2D eigenvalue weighted by Gasteiger charge is 2.09. The molecule has 0 saturated carbocycles. The van der Waals surface area contributed by atoms with Gasteiger partial charge in [0.1, 0.15) is 0 Å². The Morgan fingerprint density at radius 2 is 1.93 bits per heavy atom. The second-order valence-electron chi connectivity index (χ2n) is 3.16. The molecule has 0 aliphatic heterocycles. The van der Waals surface area contributed by atoms with E-state index in [0.29, 0.717) is 4.90 Å². The lowest BCUT2D eigenvalue weighted by atomic mass is 10.2. The van der Waals surface area contributed by atoms with Gasteiger partial charge in [-0.15, -0.1) is 0 Å². The van der Waals surface area contributed by atoms with E-state index in [0.717, 1.165) is 5.56 Å².